The van der Waals surface area contributed by atoms with E-state index in [4.69, 9.17) is 0 Å². The van der Waals surface area contributed by atoms with E-state index < -0.39 is 0 Å². The lowest BCUT2D eigenvalue weighted by Gasteiger charge is -2.24. The third kappa shape index (κ3) is 1.42. The first-order valence-electron chi connectivity index (χ1n) is 6.49. The molecule has 15 heavy (non-hydrogen) atoms. The molecule has 0 amide bonds. The van der Waals surface area contributed by atoms with Gasteiger partial charge in [0.2, 0.25) is 0 Å². The fourth-order valence-corrected chi connectivity index (χ4v) is 3.77. The van der Waals surface area contributed by atoms with Crippen LogP contribution in [0.25, 0.3) is 0 Å². The van der Waals surface area contributed by atoms with Crippen molar-refractivity contribution in [3.8, 4) is 0 Å². The maximum absolute atomic E-state index is 2.37. The zero-order valence-corrected chi connectivity index (χ0v) is 9.58. The highest BCUT2D eigenvalue weighted by molar-refractivity contribution is 5.41. The Morgan fingerprint density at radius 2 is 1.93 bits per heavy atom. The van der Waals surface area contributed by atoms with E-state index in [1.165, 1.54) is 32.1 Å². The molecule has 2 aliphatic rings. The SMILES string of the molecule is CCCCC1CC2CC1c1ccccc12. The van der Waals surface area contributed by atoms with Gasteiger partial charge < -0.3 is 0 Å². The van der Waals surface area contributed by atoms with E-state index in [-0.39, 0.29) is 0 Å². The van der Waals surface area contributed by atoms with E-state index in [1.54, 1.807) is 11.1 Å². The molecule has 80 valence electrons. The van der Waals surface area contributed by atoms with Crippen LogP contribution in [0.5, 0.6) is 0 Å². The second kappa shape index (κ2) is 3.66. The fraction of sp³-hybridized carbons (Fsp3) is 0.600. The molecule has 0 saturated heterocycles. The first-order chi connectivity index (χ1) is 7.40. The predicted octanol–water partition coefficient (Wildman–Crippen LogP) is 4.47. The zero-order valence-electron chi connectivity index (χ0n) is 9.58. The fourth-order valence-electron chi connectivity index (χ4n) is 3.77. The molecule has 1 aromatic rings. The molecule has 2 aliphatic carbocycles. The minimum Gasteiger partial charge on any atom is -0.0654 e. The standard InChI is InChI=1S/C15H20/c1-2-3-6-11-9-12-10-15(11)14-8-5-4-7-13(12)14/h4-5,7-8,11-12,15H,2-3,6,9-10H2,1H3. The summed E-state index contributed by atoms with van der Waals surface area (Å²) in [6.07, 6.45) is 7.17. The van der Waals surface area contributed by atoms with Crippen molar-refractivity contribution >= 4 is 0 Å². The summed E-state index contributed by atoms with van der Waals surface area (Å²) in [6.45, 7) is 2.31. The van der Waals surface area contributed by atoms with Gasteiger partial charge in [0.1, 0.15) is 0 Å². The van der Waals surface area contributed by atoms with Gasteiger partial charge in [-0.1, -0.05) is 44.0 Å². The Balaban J connectivity index is 1.82. The molecule has 3 atom stereocenters. The summed E-state index contributed by atoms with van der Waals surface area (Å²) >= 11 is 0. The molecule has 0 aromatic heterocycles. The van der Waals surface area contributed by atoms with Crippen molar-refractivity contribution in [2.45, 2.75) is 50.9 Å². The summed E-state index contributed by atoms with van der Waals surface area (Å²) in [6, 6.07) is 9.16. The second-order valence-corrected chi connectivity index (χ2v) is 5.31. The van der Waals surface area contributed by atoms with Crippen molar-refractivity contribution < 1.29 is 0 Å². The molecule has 0 N–H and O–H groups in total. The number of hydrogen-bond acceptors (Lipinski definition) is 0. The van der Waals surface area contributed by atoms with Gasteiger partial charge in [-0.25, -0.2) is 0 Å². The molecule has 2 bridgehead atoms. The van der Waals surface area contributed by atoms with Gasteiger partial charge >= 0.3 is 0 Å². The molecule has 3 rings (SSSR count). The van der Waals surface area contributed by atoms with Crippen molar-refractivity contribution in [1.29, 1.82) is 0 Å². The molecule has 0 heterocycles. The Bertz CT molecular complexity index is 353. The Morgan fingerprint density at radius 3 is 2.73 bits per heavy atom. The summed E-state index contributed by atoms with van der Waals surface area (Å²) in [5, 5.41) is 0. The largest absolute Gasteiger partial charge is 0.0654 e. The lowest BCUT2D eigenvalue weighted by Crippen LogP contribution is -2.10. The summed E-state index contributed by atoms with van der Waals surface area (Å²) < 4.78 is 0. The first-order valence-corrected chi connectivity index (χ1v) is 6.49. The zero-order chi connectivity index (χ0) is 10.3. The molecule has 0 spiro atoms. The van der Waals surface area contributed by atoms with Crippen LogP contribution in [0.2, 0.25) is 0 Å². The van der Waals surface area contributed by atoms with Gasteiger partial charge in [-0.3, -0.25) is 0 Å². The normalized spacial score (nSPS) is 31.9. The van der Waals surface area contributed by atoms with E-state index in [9.17, 15) is 0 Å². The highest BCUT2D eigenvalue weighted by Crippen LogP contribution is 2.57. The smallest absolute Gasteiger partial charge is 0.0125 e. The summed E-state index contributed by atoms with van der Waals surface area (Å²) in [4.78, 5) is 0. The maximum atomic E-state index is 2.37. The van der Waals surface area contributed by atoms with Crippen LogP contribution in [0, 0.1) is 5.92 Å². The van der Waals surface area contributed by atoms with Crippen molar-refractivity contribution in [3.63, 3.8) is 0 Å². The molecule has 0 heteroatoms. The third-order valence-corrected chi connectivity index (χ3v) is 4.46. The maximum Gasteiger partial charge on any atom is -0.0125 e. The third-order valence-electron chi connectivity index (χ3n) is 4.46. The van der Waals surface area contributed by atoms with Crippen molar-refractivity contribution in [3.05, 3.63) is 35.4 Å². The van der Waals surface area contributed by atoms with Crippen molar-refractivity contribution in [2.24, 2.45) is 5.92 Å². The van der Waals surface area contributed by atoms with Crippen LogP contribution in [-0.2, 0) is 0 Å². The molecular formula is C15H20. The quantitative estimate of drug-likeness (QED) is 0.675. The van der Waals surface area contributed by atoms with Crippen LogP contribution < -0.4 is 0 Å². The van der Waals surface area contributed by atoms with Crippen molar-refractivity contribution in [2.75, 3.05) is 0 Å². The highest BCUT2D eigenvalue weighted by atomic mass is 14.5. The molecule has 0 nitrogen and oxygen atoms in total. The van der Waals surface area contributed by atoms with E-state index in [0.717, 1.165) is 17.8 Å². The van der Waals surface area contributed by atoms with Crippen LogP contribution in [0.15, 0.2) is 24.3 Å². The minimum atomic E-state index is 0.910. The molecule has 1 saturated carbocycles. The summed E-state index contributed by atoms with van der Waals surface area (Å²) in [7, 11) is 0. The lowest BCUT2D eigenvalue weighted by atomic mass is 9.81. The molecule has 1 fully saturated rings. The van der Waals surface area contributed by atoms with Gasteiger partial charge in [-0.05, 0) is 48.1 Å². The summed E-state index contributed by atoms with van der Waals surface area (Å²) in [5.74, 6) is 2.83. The van der Waals surface area contributed by atoms with E-state index in [2.05, 4.69) is 31.2 Å². The number of fused-ring (bicyclic) bond motifs is 5. The van der Waals surface area contributed by atoms with Gasteiger partial charge in [0.25, 0.3) is 0 Å². The van der Waals surface area contributed by atoms with Gasteiger partial charge in [0.05, 0.1) is 0 Å². The Hall–Kier alpha value is -0.780. The average molecular weight is 200 g/mol. The number of hydrogen-bond donors (Lipinski definition) is 0. The van der Waals surface area contributed by atoms with Crippen LogP contribution in [0.1, 0.15) is 62.0 Å². The second-order valence-electron chi connectivity index (χ2n) is 5.31. The summed E-state index contributed by atoms with van der Waals surface area (Å²) in [5.41, 5.74) is 3.37. The van der Waals surface area contributed by atoms with Gasteiger partial charge in [-0.2, -0.15) is 0 Å². The van der Waals surface area contributed by atoms with E-state index in [1.807, 2.05) is 0 Å². The predicted molar refractivity (Wildman–Crippen MR) is 64.2 cm³/mol. The molecule has 1 aromatic carbocycles. The number of unbranched alkanes of at least 4 members (excludes halogenated alkanes) is 1. The molecular weight excluding hydrogens is 180 g/mol. The van der Waals surface area contributed by atoms with E-state index in [0.29, 0.717) is 0 Å². The molecule has 0 radical (unpaired) electrons. The van der Waals surface area contributed by atoms with Gasteiger partial charge in [0, 0.05) is 0 Å². The van der Waals surface area contributed by atoms with E-state index >= 15 is 0 Å². The molecule has 3 unspecified atom stereocenters. The Labute approximate surface area is 92.7 Å². The van der Waals surface area contributed by atoms with Crippen LogP contribution in [0.3, 0.4) is 0 Å². The monoisotopic (exact) mass is 200 g/mol. The number of benzene rings is 1. The lowest BCUT2D eigenvalue weighted by molar-refractivity contribution is 0.419. The Kier molecular flexibility index (Phi) is 2.31. The number of rotatable bonds is 3. The van der Waals surface area contributed by atoms with Crippen LogP contribution in [-0.4, -0.2) is 0 Å². The van der Waals surface area contributed by atoms with Gasteiger partial charge in [-0.15, -0.1) is 0 Å². The van der Waals surface area contributed by atoms with Gasteiger partial charge in [0.15, 0.2) is 0 Å². The minimum absolute atomic E-state index is 0.910. The highest BCUT2D eigenvalue weighted by Gasteiger charge is 2.42. The van der Waals surface area contributed by atoms with Crippen LogP contribution >= 0.6 is 0 Å². The van der Waals surface area contributed by atoms with Crippen molar-refractivity contribution in [1.82, 2.24) is 0 Å². The topological polar surface area (TPSA) is 0 Å². The first kappa shape index (κ1) is 9.45. The van der Waals surface area contributed by atoms with Crippen LogP contribution in [0.4, 0.5) is 0 Å². The Morgan fingerprint density at radius 1 is 1.13 bits per heavy atom. The molecule has 0 aliphatic heterocycles. The average Bonchev–Trinajstić information content (AvgIpc) is 2.85.